The molecule has 1 unspecified atom stereocenters. The van der Waals surface area contributed by atoms with Crippen molar-refractivity contribution in [1.82, 2.24) is 4.90 Å². The molecule has 14 heavy (non-hydrogen) atoms. The highest BCUT2D eigenvalue weighted by atomic mass is 35.5. The third kappa shape index (κ3) is 2.04. The van der Waals surface area contributed by atoms with Gasteiger partial charge in [-0.05, 0) is 6.08 Å². The van der Waals surface area contributed by atoms with Crippen LogP contribution in [0.15, 0.2) is 24.3 Å². The van der Waals surface area contributed by atoms with E-state index in [1.54, 1.807) is 12.2 Å². The second-order valence-corrected chi connectivity index (χ2v) is 3.84. The van der Waals surface area contributed by atoms with E-state index in [1.165, 1.54) is 13.8 Å². The second kappa shape index (κ2) is 3.96. The minimum Gasteiger partial charge on any atom is -0.275 e. The second-order valence-electron chi connectivity index (χ2n) is 3.18. The molecule has 3 nitrogen and oxygen atoms in total. The Bertz CT molecular complexity index is 308. The van der Waals surface area contributed by atoms with E-state index in [1.807, 2.05) is 12.2 Å². The molecule has 0 spiro atoms. The predicted molar refractivity (Wildman–Crippen MR) is 54.7 cm³/mol. The number of allylic oxidation sites excluding steroid dienone is 2. The molecule has 1 rings (SSSR count). The monoisotopic (exact) mass is 213 g/mol. The van der Waals surface area contributed by atoms with Gasteiger partial charge in [-0.15, -0.1) is 0 Å². The van der Waals surface area contributed by atoms with Crippen LogP contribution in [0.4, 0.5) is 0 Å². The van der Waals surface area contributed by atoms with Crippen molar-refractivity contribution in [2.75, 3.05) is 0 Å². The van der Waals surface area contributed by atoms with E-state index in [-0.39, 0.29) is 11.8 Å². The number of hydrogen-bond donors (Lipinski definition) is 0. The molecule has 1 aliphatic carbocycles. The summed E-state index contributed by atoms with van der Waals surface area (Å²) in [4.78, 5) is 22.5. The summed E-state index contributed by atoms with van der Waals surface area (Å²) < 4.78 is 0. The maximum atomic E-state index is 11.3. The molecule has 0 saturated heterocycles. The number of nitrogens with zero attached hydrogens (tertiary/aromatic N) is 1. The number of amides is 2. The fraction of sp³-hybridized carbons (Fsp3) is 0.400. The number of hydrogen-bond acceptors (Lipinski definition) is 2. The third-order valence-corrected chi connectivity index (χ3v) is 2.45. The van der Waals surface area contributed by atoms with Gasteiger partial charge in [-0.3, -0.25) is 14.5 Å². The van der Waals surface area contributed by atoms with Crippen molar-refractivity contribution < 1.29 is 9.59 Å². The number of carbonyl (C=O) groups is 2. The third-order valence-electron chi connectivity index (χ3n) is 2.00. The van der Waals surface area contributed by atoms with Crippen LogP contribution in [-0.4, -0.2) is 21.7 Å². The maximum Gasteiger partial charge on any atom is 0.227 e. The van der Waals surface area contributed by atoms with Crippen LogP contribution in [-0.2, 0) is 9.59 Å². The number of halogens is 1. The normalized spacial score (nSPS) is 24.8. The zero-order chi connectivity index (χ0) is 10.8. The Hall–Kier alpha value is -1.09. The van der Waals surface area contributed by atoms with Crippen molar-refractivity contribution >= 4 is 23.4 Å². The quantitative estimate of drug-likeness (QED) is 0.492. The minimum atomic E-state index is -1.02. The number of carbonyl (C=O) groups excluding carboxylic acids is 2. The summed E-state index contributed by atoms with van der Waals surface area (Å²) in [6.45, 7) is 2.66. The summed E-state index contributed by atoms with van der Waals surface area (Å²) in [5.74, 6) is -0.681. The predicted octanol–water partition coefficient (Wildman–Crippen LogP) is 1.83. The molecule has 0 aliphatic heterocycles. The Kier molecular flexibility index (Phi) is 3.11. The molecule has 1 atom stereocenters. The molecule has 0 aromatic heterocycles. The summed E-state index contributed by atoms with van der Waals surface area (Å²) in [5, 5.41) is 0. The Morgan fingerprint density at radius 1 is 1.29 bits per heavy atom. The lowest BCUT2D eigenvalue weighted by Gasteiger charge is -2.34. The van der Waals surface area contributed by atoms with E-state index in [4.69, 9.17) is 11.6 Å². The molecule has 1 aliphatic rings. The number of alkyl halides is 1. The summed E-state index contributed by atoms with van der Waals surface area (Å²) in [6.07, 6.45) is 7.49. The van der Waals surface area contributed by atoms with Gasteiger partial charge in [-0.25, -0.2) is 0 Å². The van der Waals surface area contributed by atoms with Crippen molar-refractivity contribution in [2.45, 2.75) is 25.3 Å². The van der Waals surface area contributed by atoms with Gasteiger partial charge in [0.05, 0.1) is 0 Å². The molecular weight excluding hydrogens is 202 g/mol. The minimum absolute atomic E-state index is 0.340. The molecule has 0 aromatic rings. The van der Waals surface area contributed by atoms with Crippen molar-refractivity contribution in [3.8, 4) is 0 Å². The largest absolute Gasteiger partial charge is 0.275 e. The van der Waals surface area contributed by atoms with E-state index in [9.17, 15) is 9.59 Å². The van der Waals surface area contributed by atoms with Gasteiger partial charge in [0.1, 0.15) is 5.00 Å². The molecular formula is C10H12ClNO2. The lowest BCUT2D eigenvalue weighted by molar-refractivity contribution is -0.145. The lowest BCUT2D eigenvalue weighted by atomic mass is 10.1. The van der Waals surface area contributed by atoms with Crippen LogP contribution in [0.2, 0.25) is 0 Å². The van der Waals surface area contributed by atoms with Gasteiger partial charge in [0.15, 0.2) is 0 Å². The van der Waals surface area contributed by atoms with Crippen LogP contribution in [0, 0.1) is 0 Å². The van der Waals surface area contributed by atoms with E-state index in [0.29, 0.717) is 6.42 Å². The highest BCUT2D eigenvalue weighted by Crippen LogP contribution is 2.30. The summed E-state index contributed by atoms with van der Waals surface area (Å²) >= 11 is 6.18. The maximum absolute atomic E-state index is 11.3. The van der Waals surface area contributed by atoms with Gasteiger partial charge >= 0.3 is 0 Å². The lowest BCUT2D eigenvalue weighted by Crippen LogP contribution is -2.48. The van der Waals surface area contributed by atoms with Gasteiger partial charge in [-0.1, -0.05) is 29.8 Å². The average molecular weight is 214 g/mol. The fourth-order valence-corrected chi connectivity index (χ4v) is 1.89. The highest BCUT2D eigenvalue weighted by Gasteiger charge is 2.36. The zero-order valence-corrected chi connectivity index (χ0v) is 8.91. The zero-order valence-electron chi connectivity index (χ0n) is 8.16. The molecule has 0 saturated carbocycles. The molecule has 0 radical (unpaired) electrons. The van der Waals surface area contributed by atoms with Crippen LogP contribution in [0.1, 0.15) is 20.3 Å². The molecule has 2 amide bonds. The van der Waals surface area contributed by atoms with Crippen LogP contribution in [0.25, 0.3) is 0 Å². The first kappa shape index (κ1) is 11.0. The average Bonchev–Trinajstić information content (AvgIpc) is 2.02. The van der Waals surface area contributed by atoms with Gasteiger partial charge in [0.2, 0.25) is 11.8 Å². The first-order chi connectivity index (χ1) is 6.47. The molecule has 0 fully saturated rings. The van der Waals surface area contributed by atoms with E-state index in [0.717, 1.165) is 4.90 Å². The molecule has 0 N–H and O–H groups in total. The Morgan fingerprint density at radius 3 is 2.21 bits per heavy atom. The topological polar surface area (TPSA) is 37.4 Å². The summed E-state index contributed by atoms with van der Waals surface area (Å²) in [6, 6.07) is 0. The van der Waals surface area contributed by atoms with Gasteiger partial charge < -0.3 is 0 Å². The van der Waals surface area contributed by atoms with E-state index < -0.39 is 5.00 Å². The van der Waals surface area contributed by atoms with Crippen molar-refractivity contribution in [3.63, 3.8) is 0 Å². The highest BCUT2D eigenvalue weighted by molar-refractivity contribution is 6.27. The number of imide groups is 1. The first-order valence-corrected chi connectivity index (χ1v) is 4.70. The molecule has 4 heteroatoms. The smallest absolute Gasteiger partial charge is 0.227 e. The van der Waals surface area contributed by atoms with Gasteiger partial charge in [0.25, 0.3) is 0 Å². The summed E-state index contributed by atoms with van der Waals surface area (Å²) in [7, 11) is 0. The van der Waals surface area contributed by atoms with Crippen LogP contribution in [0.5, 0.6) is 0 Å². The Labute approximate surface area is 88.0 Å². The van der Waals surface area contributed by atoms with Crippen molar-refractivity contribution in [3.05, 3.63) is 24.3 Å². The fourth-order valence-electron chi connectivity index (χ4n) is 1.49. The molecule has 76 valence electrons. The van der Waals surface area contributed by atoms with Crippen molar-refractivity contribution in [2.24, 2.45) is 0 Å². The summed E-state index contributed by atoms with van der Waals surface area (Å²) in [5.41, 5.74) is 0. The van der Waals surface area contributed by atoms with E-state index in [2.05, 4.69) is 0 Å². The standard InChI is InChI=1S/C10H12ClNO2/c1-8(13)12(9(2)14)10(11)6-4-3-5-7-10/h3-6H,7H2,1-2H3. The number of rotatable bonds is 1. The van der Waals surface area contributed by atoms with Crippen LogP contribution < -0.4 is 0 Å². The Morgan fingerprint density at radius 2 is 1.86 bits per heavy atom. The SMILES string of the molecule is CC(=O)N(C(C)=O)C1(Cl)C=CC=CC1. The first-order valence-electron chi connectivity index (χ1n) is 4.32. The van der Waals surface area contributed by atoms with Gasteiger partial charge in [-0.2, -0.15) is 0 Å². The van der Waals surface area contributed by atoms with Gasteiger partial charge in [0, 0.05) is 20.3 Å². The molecule has 0 heterocycles. The van der Waals surface area contributed by atoms with Crippen LogP contribution >= 0.6 is 11.6 Å². The van der Waals surface area contributed by atoms with Crippen LogP contribution in [0.3, 0.4) is 0 Å². The van der Waals surface area contributed by atoms with Crippen molar-refractivity contribution in [1.29, 1.82) is 0 Å². The molecule has 0 bridgehead atoms. The Balaban J connectivity index is 2.98. The van der Waals surface area contributed by atoms with E-state index >= 15 is 0 Å². The molecule has 0 aromatic carbocycles.